The van der Waals surface area contributed by atoms with Crippen molar-refractivity contribution in [2.45, 2.75) is 19.4 Å². The lowest BCUT2D eigenvalue weighted by atomic mass is 10.2. The number of nitrogens with zero attached hydrogens (tertiary/aromatic N) is 1. The highest BCUT2D eigenvalue weighted by Crippen LogP contribution is 2.13. The van der Waals surface area contributed by atoms with E-state index in [1.807, 2.05) is 6.92 Å². The lowest BCUT2D eigenvalue weighted by molar-refractivity contribution is -0.118. The number of amides is 2. The second-order valence-electron chi connectivity index (χ2n) is 2.73. The van der Waals surface area contributed by atoms with E-state index in [1.54, 1.807) is 0 Å². The van der Waals surface area contributed by atoms with E-state index in [0.29, 0.717) is 6.61 Å². The quantitative estimate of drug-likeness (QED) is 0.635. The van der Waals surface area contributed by atoms with Crippen molar-refractivity contribution >= 4 is 12.0 Å². The first-order valence-corrected chi connectivity index (χ1v) is 3.86. The Balaban J connectivity index is 2.57. The molecule has 1 fully saturated rings. The van der Waals surface area contributed by atoms with Crippen molar-refractivity contribution in [1.82, 2.24) is 4.90 Å². The van der Waals surface area contributed by atoms with E-state index in [-0.39, 0.29) is 12.6 Å². The molecule has 5 heteroatoms. The lowest BCUT2D eigenvalue weighted by Crippen LogP contribution is -2.39. The highest BCUT2D eigenvalue weighted by molar-refractivity contribution is 5.81. The Kier molecular flexibility index (Phi) is 2.52. The Morgan fingerprint density at radius 3 is 3.00 bits per heavy atom. The molecule has 1 aliphatic rings. The number of ether oxygens (including phenoxy) is 1. The largest absolute Gasteiger partial charge is 0.447 e. The van der Waals surface area contributed by atoms with E-state index in [4.69, 9.17) is 10.5 Å². The van der Waals surface area contributed by atoms with Crippen LogP contribution in [-0.2, 0) is 9.53 Å². The van der Waals surface area contributed by atoms with Crippen LogP contribution in [0.4, 0.5) is 4.79 Å². The van der Waals surface area contributed by atoms with Gasteiger partial charge in [0.2, 0.25) is 5.91 Å². The van der Waals surface area contributed by atoms with Gasteiger partial charge in [0, 0.05) is 0 Å². The fourth-order valence-electron chi connectivity index (χ4n) is 1.19. The van der Waals surface area contributed by atoms with E-state index >= 15 is 0 Å². The van der Waals surface area contributed by atoms with E-state index < -0.39 is 12.0 Å². The fraction of sp³-hybridized carbons (Fsp3) is 0.714. The molecule has 1 saturated heterocycles. The van der Waals surface area contributed by atoms with Crippen LogP contribution in [0.1, 0.15) is 13.3 Å². The van der Waals surface area contributed by atoms with Gasteiger partial charge in [-0.2, -0.15) is 0 Å². The molecule has 0 saturated carbocycles. The summed E-state index contributed by atoms with van der Waals surface area (Å²) in [5.41, 5.74) is 4.96. The predicted molar refractivity (Wildman–Crippen MR) is 41.3 cm³/mol. The van der Waals surface area contributed by atoms with Crippen LogP contribution in [0, 0.1) is 0 Å². The summed E-state index contributed by atoms with van der Waals surface area (Å²) in [5.74, 6) is -0.507. The van der Waals surface area contributed by atoms with Crippen molar-refractivity contribution in [3.05, 3.63) is 0 Å². The number of cyclic esters (lactones) is 1. The van der Waals surface area contributed by atoms with Crippen LogP contribution in [-0.4, -0.2) is 36.1 Å². The van der Waals surface area contributed by atoms with Crippen LogP contribution in [0.5, 0.6) is 0 Å². The second-order valence-corrected chi connectivity index (χ2v) is 2.73. The minimum Gasteiger partial charge on any atom is -0.447 e. The molecule has 1 rings (SSSR count). The van der Waals surface area contributed by atoms with Gasteiger partial charge in [0.05, 0.1) is 6.04 Å². The second kappa shape index (κ2) is 3.42. The van der Waals surface area contributed by atoms with Gasteiger partial charge >= 0.3 is 6.09 Å². The maximum absolute atomic E-state index is 11.0. The first-order chi connectivity index (χ1) is 5.65. The van der Waals surface area contributed by atoms with Crippen LogP contribution in [0.3, 0.4) is 0 Å². The van der Waals surface area contributed by atoms with E-state index in [0.717, 1.165) is 6.42 Å². The van der Waals surface area contributed by atoms with Crippen molar-refractivity contribution in [1.29, 1.82) is 0 Å². The van der Waals surface area contributed by atoms with Crippen LogP contribution in [0.25, 0.3) is 0 Å². The normalized spacial score (nSPS) is 22.6. The third kappa shape index (κ3) is 1.66. The molecule has 2 N–H and O–H groups in total. The highest BCUT2D eigenvalue weighted by atomic mass is 16.6. The Morgan fingerprint density at radius 2 is 2.50 bits per heavy atom. The van der Waals surface area contributed by atoms with Gasteiger partial charge < -0.3 is 10.5 Å². The molecule has 12 heavy (non-hydrogen) atoms. The third-order valence-corrected chi connectivity index (χ3v) is 1.87. The van der Waals surface area contributed by atoms with Crippen molar-refractivity contribution in [3.63, 3.8) is 0 Å². The zero-order valence-corrected chi connectivity index (χ0v) is 6.95. The molecule has 0 aliphatic carbocycles. The maximum Gasteiger partial charge on any atom is 0.410 e. The van der Waals surface area contributed by atoms with Crippen LogP contribution < -0.4 is 5.73 Å². The molecule has 1 unspecified atom stereocenters. The molecule has 0 aromatic heterocycles. The summed E-state index contributed by atoms with van der Waals surface area (Å²) in [4.78, 5) is 22.9. The Morgan fingerprint density at radius 1 is 1.83 bits per heavy atom. The average Bonchev–Trinajstić information content (AvgIpc) is 2.32. The van der Waals surface area contributed by atoms with Crippen molar-refractivity contribution < 1.29 is 14.3 Å². The van der Waals surface area contributed by atoms with Crippen molar-refractivity contribution in [3.8, 4) is 0 Å². The summed E-state index contributed by atoms with van der Waals surface area (Å²) in [6.45, 7) is 2.25. The third-order valence-electron chi connectivity index (χ3n) is 1.87. The molecule has 2 amide bonds. The van der Waals surface area contributed by atoms with Gasteiger partial charge in [-0.25, -0.2) is 4.79 Å². The van der Waals surface area contributed by atoms with Gasteiger partial charge in [0.25, 0.3) is 0 Å². The molecule has 68 valence electrons. The molecule has 0 aromatic rings. The summed E-state index contributed by atoms with van der Waals surface area (Å²) < 4.78 is 4.75. The highest BCUT2D eigenvalue weighted by Gasteiger charge is 2.32. The van der Waals surface area contributed by atoms with Crippen LogP contribution in [0.15, 0.2) is 0 Å². The van der Waals surface area contributed by atoms with Crippen LogP contribution in [0.2, 0.25) is 0 Å². The minimum absolute atomic E-state index is 0.00463. The molecule has 0 radical (unpaired) electrons. The first kappa shape index (κ1) is 8.83. The summed E-state index contributed by atoms with van der Waals surface area (Å²) in [6.07, 6.45) is 0.333. The fourth-order valence-corrected chi connectivity index (χ4v) is 1.19. The van der Waals surface area contributed by atoms with Gasteiger partial charge in [-0.1, -0.05) is 6.92 Å². The molecule has 1 atom stereocenters. The van der Waals surface area contributed by atoms with Crippen molar-refractivity contribution in [2.24, 2.45) is 5.73 Å². The average molecular weight is 172 g/mol. The SMILES string of the molecule is CCC1COC(=O)N1CC(N)=O. The topological polar surface area (TPSA) is 72.6 Å². The molecule has 0 spiro atoms. The number of rotatable bonds is 3. The first-order valence-electron chi connectivity index (χ1n) is 3.86. The molecular formula is C7H12N2O3. The van der Waals surface area contributed by atoms with E-state index in [1.165, 1.54) is 4.90 Å². The Bertz CT molecular complexity index is 205. The summed E-state index contributed by atoms with van der Waals surface area (Å²) >= 11 is 0. The number of hydrogen-bond acceptors (Lipinski definition) is 3. The van der Waals surface area contributed by atoms with Gasteiger partial charge in [0.1, 0.15) is 13.2 Å². The summed E-state index contributed by atoms with van der Waals surface area (Å²) in [6, 6.07) is 0.00463. The van der Waals surface area contributed by atoms with E-state index in [2.05, 4.69) is 0 Å². The number of primary amides is 1. The molecular weight excluding hydrogens is 160 g/mol. The standard InChI is InChI=1S/C7H12N2O3/c1-2-5-4-12-7(11)9(5)3-6(8)10/h5H,2-4H2,1H3,(H2,8,10). The van der Waals surface area contributed by atoms with Crippen LogP contribution >= 0.6 is 0 Å². The zero-order valence-electron chi connectivity index (χ0n) is 6.95. The molecule has 5 nitrogen and oxygen atoms in total. The minimum atomic E-state index is -0.507. The van der Waals surface area contributed by atoms with Gasteiger partial charge in [-0.15, -0.1) is 0 Å². The maximum atomic E-state index is 11.0. The van der Waals surface area contributed by atoms with E-state index in [9.17, 15) is 9.59 Å². The predicted octanol–water partition coefficient (Wildman–Crippen LogP) is -0.297. The van der Waals surface area contributed by atoms with Gasteiger partial charge in [-0.05, 0) is 6.42 Å². The smallest absolute Gasteiger partial charge is 0.410 e. The number of nitrogens with two attached hydrogens (primary N) is 1. The number of hydrogen-bond donors (Lipinski definition) is 1. The number of carbonyl (C=O) groups is 2. The number of carbonyl (C=O) groups excluding carboxylic acids is 2. The monoisotopic (exact) mass is 172 g/mol. The summed E-state index contributed by atoms with van der Waals surface area (Å²) in [7, 11) is 0. The molecule has 1 heterocycles. The van der Waals surface area contributed by atoms with Gasteiger partial charge in [-0.3, -0.25) is 9.69 Å². The molecule has 0 aromatic carbocycles. The van der Waals surface area contributed by atoms with Crippen molar-refractivity contribution in [2.75, 3.05) is 13.2 Å². The zero-order chi connectivity index (χ0) is 9.14. The molecule has 0 bridgehead atoms. The van der Waals surface area contributed by atoms with Gasteiger partial charge in [0.15, 0.2) is 0 Å². The Labute approximate surface area is 70.5 Å². The lowest BCUT2D eigenvalue weighted by Gasteiger charge is -2.17. The Hall–Kier alpha value is -1.26. The molecule has 1 aliphatic heterocycles. The summed E-state index contributed by atoms with van der Waals surface area (Å²) in [5, 5.41) is 0.